The predicted octanol–water partition coefficient (Wildman–Crippen LogP) is 5.87. The van der Waals surface area contributed by atoms with E-state index in [1.807, 2.05) is 48.5 Å². The van der Waals surface area contributed by atoms with Gasteiger partial charge in [0.25, 0.3) is 0 Å². The molecular weight excluding hydrogens is 418 g/mol. The van der Waals surface area contributed by atoms with E-state index in [-0.39, 0.29) is 0 Å². The van der Waals surface area contributed by atoms with Gasteiger partial charge in [-0.1, -0.05) is 66.7 Å². The van der Waals surface area contributed by atoms with Crippen molar-refractivity contribution < 1.29 is 0 Å². The highest BCUT2D eigenvalue weighted by atomic mass is 15.7. The van der Waals surface area contributed by atoms with Gasteiger partial charge in [0.15, 0.2) is 0 Å². The highest BCUT2D eigenvalue weighted by Crippen LogP contribution is 2.26. The van der Waals surface area contributed by atoms with E-state index in [2.05, 4.69) is 54.0 Å². The van der Waals surface area contributed by atoms with Gasteiger partial charge in [0.1, 0.15) is 0 Å². The fraction of sp³-hybridized carbons (Fsp3) is 0. The Hall–Kier alpha value is -5.13. The normalized spacial score (nSPS) is 12.6. The maximum absolute atomic E-state index is 9.13. The van der Waals surface area contributed by atoms with Crippen LogP contribution in [-0.2, 0) is 0 Å². The van der Waals surface area contributed by atoms with E-state index in [1.165, 1.54) is 5.56 Å². The molecule has 5 nitrogen and oxygen atoms in total. The Bertz CT molecular complexity index is 1450. The molecule has 0 saturated heterocycles. The first-order valence-corrected chi connectivity index (χ1v) is 10.8. The minimum Gasteiger partial charge on any atom is -0.277 e. The zero-order valence-electron chi connectivity index (χ0n) is 18.2. The van der Waals surface area contributed by atoms with Crippen molar-refractivity contribution in [1.29, 1.82) is 10.5 Å². The molecule has 1 heterocycles. The summed E-state index contributed by atoms with van der Waals surface area (Å²) in [6.45, 7) is 0. The van der Waals surface area contributed by atoms with E-state index >= 15 is 0 Å². The Morgan fingerprint density at radius 1 is 0.588 bits per heavy atom. The molecule has 0 radical (unpaired) electrons. The second-order valence-corrected chi connectivity index (χ2v) is 7.76. The van der Waals surface area contributed by atoms with Gasteiger partial charge in [-0.15, -0.1) is 0 Å². The molecule has 5 rings (SSSR count). The van der Waals surface area contributed by atoms with E-state index in [4.69, 9.17) is 15.6 Å². The number of hydrogen-bond acceptors (Lipinski definition) is 5. The van der Waals surface area contributed by atoms with Crippen LogP contribution in [0.25, 0.3) is 16.8 Å². The summed E-state index contributed by atoms with van der Waals surface area (Å²) in [5.41, 5.74) is 11.2. The Morgan fingerprint density at radius 2 is 1.12 bits per heavy atom. The Kier molecular flexibility index (Phi) is 5.59. The predicted molar refractivity (Wildman–Crippen MR) is 134 cm³/mol. The van der Waals surface area contributed by atoms with Gasteiger partial charge in [-0.3, -0.25) is 5.43 Å². The molecule has 1 N–H and O–H groups in total. The van der Waals surface area contributed by atoms with Crippen LogP contribution in [0.1, 0.15) is 22.3 Å². The molecule has 5 heteroatoms. The second kappa shape index (κ2) is 9.16. The number of nitrogens with zero attached hydrogens (tertiary/aromatic N) is 4. The first kappa shape index (κ1) is 20.8. The average Bonchev–Trinajstić information content (AvgIpc) is 2.93. The maximum Gasteiger partial charge on any atom is 0.0991 e. The number of hydrazone groups is 1. The van der Waals surface area contributed by atoms with Gasteiger partial charge < -0.3 is 0 Å². The van der Waals surface area contributed by atoms with Gasteiger partial charge in [0.05, 0.1) is 40.4 Å². The molecule has 0 bridgehead atoms. The monoisotopic (exact) mass is 437 g/mol. The number of nitriles is 2. The number of hydrazine groups is 1. The summed E-state index contributed by atoms with van der Waals surface area (Å²) < 4.78 is 0. The molecular formula is C29H19N5. The van der Waals surface area contributed by atoms with E-state index < -0.39 is 0 Å². The van der Waals surface area contributed by atoms with Gasteiger partial charge in [0, 0.05) is 5.56 Å². The maximum atomic E-state index is 9.13. The standard InChI is InChI=1S/C29H19N5/c30-19-21-6-10-25(11-7-21)28-18-29(33-34(32-28)27-16-8-22(20-31)9-17-27)26-14-12-24(13-15-26)23-4-2-1-3-5-23/h1-18,33H. The molecule has 0 amide bonds. The lowest BCUT2D eigenvalue weighted by Gasteiger charge is -2.28. The molecule has 0 atom stereocenters. The first-order chi connectivity index (χ1) is 16.7. The molecule has 34 heavy (non-hydrogen) atoms. The van der Waals surface area contributed by atoms with Crippen molar-refractivity contribution >= 4 is 17.1 Å². The Morgan fingerprint density at radius 3 is 1.74 bits per heavy atom. The second-order valence-electron chi connectivity index (χ2n) is 7.76. The van der Waals surface area contributed by atoms with Crippen LogP contribution in [0.2, 0.25) is 0 Å². The molecule has 1 aliphatic rings. The number of hydrogen-bond donors (Lipinski definition) is 1. The lowest BCUT2D eigenvalue weighted by atomic mass is 10.0. The quantitative estimate of drug-likeness (QED) is 0.433. The summed E-state index contributed by atoms with van der Waals surface area (Å²) >= 11 is 0. The lowest BCUT2D eigenvalue weighted by molar-refractivity contribution is 0.787. The third-order valence-corrected chi connectivity index (χ3v) is 5.57. The highest BCUT2D eigenvalue weighted by Gasteiger charge is 2.17. The van der Waals surface area contributed by atoms with Crippen LogP contribution in [-0.4, -0.2) is 5.71 Å². The van der Waals surface area contributed by atoms with Crippen molar-refractivity contribution in [2.75, 3.05) is 5.12 Å². The van der Waals surface area contributed by atoms with Crippen molar-refractivity contribution in [2.45, 2.75) is 0 Å². The Balaban J connectivity index is 1.52. The number of anilines is 1. The number of nitrogens with one attached hydrogen (secondary N) is 1. The molecule has 4 aromatic carbocycles. The van der Waals surface area contributed by atoms with Gasteiger partial charge >= 0.3 is 0 Å². The van der Waals surface area contributed by atoms with Crippen molar-refractivity contribution in [1.82, 2.24) is 5.43 Å². The third-order valence-electron chi connectivity index (χ3n) is 5.57. The molecule has 0 spiro atoms. The van der Waals surface area contributed by atoms with E-state index in [1.54, 1.807) is 29.4 Å². The third kappa shape index (κ3) is 4.27. The molecule has 4 aromatic rings. The van der Waals surface area contributed by atoms with Crippen molar-refractivity contribution in [3.63, 3.8) is 0 Å². The minimum absolute atomic E-state index is 0.587. The first-order valence-electron chi connectivity index (χ1n) is 10.8. The fourth-order valence-electron chi connectivity index (χ4n) is 3.72. The van der Waals surface area contributed by atoms with Crippen LogP contribution in [0.4, 0.5) is 5.69 Å². The van der Waals surface area contributed by atoms with Crippen LogP contribution in [0.5, 0.6) is 0 Å². The van der Waals surface area contributed by atoms with Crippen LogP contribution >= 0.6 is 0 Å². The largest absolute Gasteiger partial charge is 0.277 e. The summed E-state index contributed by atoms with van der Waals surface area (Å²) in [5.74, 6) is 0. The number of rotatable bonds is 4. The van der Waals surface area contributed by atoms with Crippen LogP contribution in [0.3, 0.4) is 0 Å². The summed E-state index contributed by atoms with van der Waals surface area (Å²) in [4.78, 5) is 0. The number of benzene rings is 4. The molecule has 0 unspecified atom stereocenters. The molecule has 0 aliphatic carbocycles. The Labute approximate surface area is 198 Å². The van der Waals surface area contributed by atoms with Crippen molar-refractivity contribution in [3.8, 4) is 23.3 Å². The summed E-state index contributed by atoms with van der Waals surface area (Å²) in [7, 11) is 0. The minimum atomic E-state index is 0.587. The summed E-state index contributed by atoms with van der Waals surface area (Å²) in [6, 6.07) is 37.5. The summed E-state index contributed by atoms with van der Waals surface area (Å²) in [5, 5.41) is 24.7. The molecule has 0 saturated carbocycles. The van der Waals surface area contributed by atoms with Crippen LogP contribution < -0.4 is 10.5 Å². The molecule has 0 aromatic heterocycles. The topological polar surface area (TPSA) is 75.2 Å². The van der Waals surface area contributed by atoms with Crippen molar-refractivity contribution in [3.05, 3.63) is 131 Å². The van der Waals surface area contributed by atoms with E-state index in [9.17, 15) is 0 Å². The van der Waals surface area contributed by atoms with Crippen LogP contribution in [0, 0.1) is 22.7 Å². The zero-order valence-corrected chi connectivity index (χ0v) is 18.2. The van der Waals surface area contributed by atoms with Gasteiger partial charge in [-0.2, -0.15) is 20.7 Å². The van der Waals surface area contributed by atoms with Gasteiger partial charge in [-0.25, -0.2) is 0 Å². The summed E-state index contributed by atoms with van der Waals surface area (Å²) in [6.07, 6.45) is 2.00. The SMILES string of the molecule is N#Cc1ccc(C2=NN(c3ccc(C#N)cc3)NC(c3ccc(-c4ccccc4)cc3)=C2)cc1. The zero-order chi connectivity index (χ0) is 23.3. The highest BCUT2D eigenvalue weighted by molar-refractivity contribution is 6.13. The van der Waals surface area contributed by atoms with Crippen LogP contribution in [0.15, 0.2) is 114 Å². The van der Waals surface area contributed by atoms with Gasteiger partial charge in [-0.05, 0) is 59.2 Å². The molecule has 1 aliphatic heterocycles. The molecule has 160 valence electrons. The molecule has 0 fully saturated rings. The fourth-order valence-corrected chi connectivity index (χ4v) is 3.72. The number of allylic oxidation sites excluding steroid dienone is 1. The van der Waals surface area contributed by atoms with Gasteiger partial charge in [0.2, 0.25) is 0 Å². The van der Waals surface area contributed by atoms with Crippen molar-refractivity contribution in [2.24, 2.45) is 5.10 Å². The lowest BCUT2D eigenvalue weighted by Crippen LogP contribution is -2.36. The van der Waals surface area contributed by atoms with E-state index in [0.717, 1.165) is 33.8 Å². The average molecular weight is 438 g/mol. The smallest absolute Gasteiger partial charge is 0.0991 e. The van der Waals surface area contributed by atoms with E-state index in [0.29, 0.717) is 11.1 Å².